The highest BCUT2D eigenvalue weighted by atomic mass is 32.2. The van der Waals surface area contributed by atoms with E-state index < -0.39 is 10.7 Å². The van der Waals surface area contributed by atoms with Crippen molar-refractivity contribution in [1.82, 2.24) is 9.88 Å². The van der Waals surface area contributed by atoms with Gasteiger partial charge < -0.3 is 4.90 Å². The molecule has 1 saturated heterocycles. The molecule has 0 bridgehead atoms. The van der Waals surface area contributed by atoms with E-state index in [9.17, 15) is 8.42 Å². The zero-order valence-electron chi connectivity index (χ0n) is 11.1. The summed E-state index contributed by atoms with van der Waals surface area (Å²) in [4.78, 5) is 8.70. The van der Waals surface area contributed by atoms with Gasteiger partial charge in [-0.1, -0.05) is 24.3 Å². The first kappa shape index (κ1) is 13.3. The summed E-state index contributed by atoms with van der Waals surface area (Å²) in [5, 5.41) is 2.33. The molecule has 0 spiro atoms. The number of benzene rings is 1. The molecule has 0 aliphatic carbocycles. The van der Waals surface area contributed by atoms with Crippen molar-refractivity contribution in [2.45, 2.75) is 0 Å². The molecule has 1 aliphatic heterocycles. The lowest BCUT2D eigenvalue weighted by Gasteiger charge is -2.34. The molecule has 1 aromatic heterocycles. The first-order chi connectivity index (χ1) is 9.74. The Morgan fingerprint density at radius 1 is 1.05 bits per heavy atom. The Balaban J connectivity index is 1.80. The zero-order valence-corrected chi connectivity index (χ0v) is 12.0. The summed E-state index contributed by atoms with van der Waals surface area (Å²) in [6, 6.07) is 10.2. The number of nitrogens with zero attached hydrogens (tertiary/aromatic N) is 3. The van der Waals surface area contributed by atoms with Crippen molar-refractivity contribution in [1.29, 1.82) is 0 Å². The van der Waals surface area contributed by atoms with Gasteiger partial charge in [0, 0.05) is 37.8 Å². The molecule has 0 unspecified atom stereocenters. The summed E-state index contributed by atoms with van der Waals surface area (Å²) in [7, 11) is -2.33. The quantitative estimate of drug-likeness (QED) is 0.853. The van der Waals surface area contributed by atoms with Crippen LogP contribution in [-0.4, -0.2) is 50.4 Å². The molecule has 3 rings (SSSR count). The third-order valence-corrected chi connectivity index (χ3v) is 4.27. The van der Waals surface area contributed by atoms with Crippen LogP contribution in [0.3, 0.4) is 0 Å². The van der Waals surface area contributed by atoms with Gasteiger partial charge in [0.15, 0.2) is 10.7 Å². The van der Waals surface area contributed by atoms with E-state index in [1.165, 1.54) is 5.39 Å². The Kier molecular flexibility index (Phi) is 3.84. The summed E-state index contributed by atoms with van der Waals surface area (Å²) in [6.07, 6.45) is 1.83. The topological polar surface area (TPSA) is 53.5 Å². The molecule has 0 saturated carbocycles. The Bertz CT molecular complexity index is 666. The molecule has 0 radical (unpaired) electrons. The summed E-state index contributed by atoms with van der Waals surface area (Å²) in [6.45, 7) is 3.14. The number of rotatable bonds is 3. The maximum Gasteiger partial charge on any atom is 0.153 e. The predicted molar refractivity (Wildman–Crippen MR) is 80.7 cm³/mol. The summed E-state index contributed by atoms with van der Waals surface area (Å²) < 4.78 is 21.5. The minimum absolute atomic E-state index is 0.159. The van der Waals surface area contributed by atoms with Crippen molar-refractivity contribution in [2.75, 3.05) is 37.0 Å². The van der Waals surface area contributed by atoms with E-state index in [2.05, 4.69) is 22.0 Å². The molecule has 1 aliphatic rings. The Hall–Kier alpha value is -1.66. The van der Waals surface area contributed by atoms with Gasteiger partial charge >= 0.3 is 0 Å². The standard InChI is InChI=1S/C14H17N3O2S/c18-20(19)11-16-7-9-17(10-8-16)14-13-4-2-1-3-12(13)5-6-15-14/h1-6,20H,7-11H2. The van der Waals surface area contributed by atoms with Crippen molar-refractivity contribution in [3.05, 3.63) is 36.5 Å². The van der Waals surface area contributed by atoms with Crippen LogP contribution in [0.15, 0.2) is 36.5 Å². The Labute approximate surface area is 119 Å². The predicted octanol–water partition coefficient (Wildman–Crippen LogP) is 0.926. The van der Waals surface area contributed by atoms with Crippen LogP contribution in [0.1, 0.15) is 0 Å². The lowest BCUT2D eigenvalue weighted by atomic mass is 10.1. The maximum atomic E-state index is 10.8. The van der Waals surface area contributed by atoms with E-state index in [4.69, 9.17) is 0 Å². The van der Waals surface area contributed by atoms with Crippen LogP contribution < -0.4 is 4.90 Å². The normalized spacial score (nSPS) is 16.9. The van der Waals surface area contributed by atoms with Gasteiger partial charge in [0.05, 0.1) is 5.88 Å². The van der Waals surface area contributed by atoms with Crippen LogP contribution in [0.4, 0.5) is 5.82 Å². The third-order valence-electron chi connectivity index (χ3n) is 3.64. The number of anilines is 1. The monoisotopic (exact) mass is 291 g/mol. The van der Waals surface area contributed by atoms with Crippen LogP contribution in [0.2, 0.25) is 0 Å². The number of pyridine rings is 1. The van der Waals surface area contributed by atoms with E-state index in [0.29, 0.717) is 0 Å². The van der Waals surface area contributed by atoms with Crippen LogP contribution in [0, 0.1) is 0 Å². The molecule has 106 valence electrons. The molecule has 0 N–H and O–H groups in total. The highest BCUT2D eigenvalue weighted by Crippen LogP contribution is 2.24. The molecule has 0 atom stereocenters. The molecule has 6 heteroatoms. The zero-order chi connectivity index (χ0) is 13.9. The largest absolute Gasteiger partial charge is 0.354 e. The average molecular weight is 291 g/mol. The number of piperazine rings is 1. The highest BCUT2D eigenvalue weighted by Gasteiger charge is 2.19. The fraction of sp³-hybridized carbons (Fsp3) is 0.357. The van der Waals surface area contributed by atoms with E-state index in [-0.39, 0.29) is 5.88 Å². The van der Waals surface area contributed by atoms with Gasteiger partial charge in [-0.05, 0) is 11.5 Å². The van der Waals surface area contributed by atoms with Crippen LogP contribution in [0.5, 0.6) is 0 Å². The SMILES string of the molecule is O=[SH](=O)CN1CCN(c2nccc3ccccc23)CC1. The first-order valence-corrected chi connectivity index (χ1v) is 8.03. The van der Waals surface area contributed by atoms with Gasteiger partial charge in [-0.3, -0.25) is 4.90 Å². The molecule has 1 fully saturated rings. The average Bonchev–Trinajstić information content (AvgIpc) is 2.47. The molecule has 0 amide bonds. The number of hydrogen-bond donors (Lipinski definition) is 1. The van der Waals surface area contributed by atoms with Crippen LogP contribution in [0.25, 0.3) is 10.8 Å². The van der Waals surface area contributed by atoms with E-state index >= 15 is 0 Å². The molecular formula is C14H17N3O2S. The smallest absolute Gasteiger partial charge is 0.153 e. The number of thiol groups is 1. The molecule has 20 heavy (non-hydrogen) atoms. The van der Waals surface area contributed by atoms with Crippen molar-refractivity contribution in [2.24, 2.45) is 0 Å². The van der Waals surface area contributed by atoms with E-state index in [0.717, 1.165) is 37.4 Å². The van der Waals surface area contributed by atoms with Crippen LogP contribution >= 0.6 is 0 Å². The summed E-state index contributed by atoms with van der Waals surface area (Å²) >= 11 is 0. The van der Waals surface area contributed by atoms with Gasteiger partial charge in [0.1, 0.15) is 5.82 Å². The van der Waals surface area contributed by atoms with E-state index in [1.54, 1.807) is 0 Å². The van der Waals surface area contributed by atoms with Crippen molar-refractivity contribution in [3.63, 3.8) is 0 Å². The van der Waals surface area contributed by atoms with Gasteiger partial charge in [-0.15, -0.1) is 0 Å². The molecule has 1 aromatic carbocycles. The van der Waals surface area contributed by atoms with Crippen molar-refractivity contribution < 1.29 is 8.42 Å². The van der Waals surface area contributed by atoms with Gasteiger partial charge in [-0.2, -0.15) is 0 Å². The molecule has 2 heterocycles. The second-order valence-electron chi connectivity index (χ2n) is 4.93. The molecule has 5 nitrogen and oxygen atoms in total. The van der Waals surface area contributed by atoms with Gasteiger partial charge in [-0.25, -0.2) is 13.4 Å². The molecule has 2 aromatic rings. The fourth-order valence-corrected chi connectivity index (χ4v) is 3.23. The Morgan fingerprint density at radius 3 is 2.55 bits per heavy atom. The number of aromatic nitrogens is 1. The van der Waals surface area contributed by atoms with Gasteiger partial charge in [0.2, 0.25) is 0 Å². The van der Waals surface area contributed by atoms with Gasteiger partial charge in [0.25, 0.3) is 0 Å². The van der Waals surface area contributed by atoms with Crippen LogP contribution in [-0.2, 0) is 10.7 Å². The molecular weight excluding hydrogens is 274 g/mol. The second-order valence-corrected chi connectivity index (χ2v) is 5.88. The Morgan fingerprint density at radius 2 is 1.80 bits per heavy atom. The highest BCUT2D eigenvalue weighted by molar-refractivity contribution is 7.72. The second kappa shape index (κ2) is 5.76. The number of fused-ring (bicyclic) bond motifs is 1. The lowest BCUT2D eigenvalue weighted by molar-refractivity contribution is 0.295. The third kappa shape index (κ3) is 2.76. The summed E-state index contributed by atoms with van der Waals surface area (Å²) in [5.41, 5.74) is 0. The fourth-order valence-electron chi connectivity index (χ4n) is 2.62. The maximum absolute atomic E-state index is 10.8. The first-order valence-electron chi connectivity index (χ1n) is 6.67. The van der Waals surface area contributed by atoms with Crippen molar-refractivity contribution >= 4 is 27.3 Å². The van der Waals surface area contributed by atoms with Crippen molar-refractivity contribution in [3.8, 4) is 0 Å². The lowest BCUT2D eigenvalue weighted by Crippen LogP contribution is -2.47. The summed E-state index contributed by atoms with van der Waals surface area (Å²) in [5.74, 6) is 1.15. The van der Waals surface area contributed by atoms with E-state index in [1.807, 2.05) is 29.3 Å². The minimum atomic E-state index is -2.33. The number of hydrogen-bond acceptors (Lipinski definition) is 5. The minimum Gasteiger partial charge on any atom is -0.354 e.